The Morgan fingerprint density at radius 1 is 1.10 bits per heavy atom. The smallest absolute Gasteiger partial charge is 0.352 e. The zero-order valence-electron chi connectivity index (χ0n) is 11.9. The largest absolute Gasteiger partial charge is 0.477 e. The fraction of sp³-hybridized carbons (Fsp3) is 0.118. The molecule has 3 rings (SSSR count). The molecule has 0 aliphatic carbocycles. The van der Waals surface area contributed by atoms with E-state index in [1.54, 1.807) is 6.07 Å². The number of carboxylic acid groups (broad SMARTS) is 1. The molecule has 1 heterocycles. The molecule has 0 aliphatic rings. The number of aromatic carboxylic acids is 1. The molecule has 0 saturated carbocycles. The number of hydrogen-bond acceptors (Lipinski definition) is 2. The zero-order chi connectivity index (χ0) is 15.0. The van der Waals surface area contributed by atoms with Crippen molar-refractivity contribution in [3.8, 4) is 11.1 Å². The van der Waals surface area contributed by atoms with Gasteiger partial charge in [0, 0.05) is 36.2 Å². The molecule has 0 saturated heterocycles. The van der Waals surface area contributed by atoms with E-state index in [0.29, 0.717) is 0 Å². The Morgan fingerprint density at radius 2 is 1.86 bits per heavy atom. The lowest BCUT2D eigenvalue weighted by Crippen LogP contribution is -2.09. The molecule has 0 fully saturated rings. The van der Waals surface area contributed by atoms with Gasteiger partial charge in [0.15, 0.2) is 0 Å². The molecule has 0 aliphatic heterocycles. The molecule has 2 aromatic carbocycles. The highest BCUT2D eigenvalue weighted by Gasteiger charge is 2.10. The molecule has 0 unspecified atom stereocenters. The van der Waals surface area contributed by atoms with Gasteiger partial charge in [0.1, 0.15) is 5.69 Å². The molecule has 0 spiro atoms. The predicted molar refractivity (Wildman–Crippen MR) is 85.0 cm³/mol. The van der Waals surface area contributed by atoms with Gasteiger partial charge >= 0.3 is 5.97 Å². The van der Waals surface area contributed by atoms with Gasteiger partial charge in [-0.25, -0.2) is 4.79 Å². The summed E-state index contributed by atoms with van der Waals surface area (Å²) in [5.41, 5.74) is 4.35. The molecule has 2 N–H and O–H groups in total. The fourth-order valence-corrected chi connectivity index (χ4v) is 2.52. The monoisotopic (exact) mass is 280 g/mol. The average Bonchev–Trinajstić information content (AvgIpc) is 2.90. The van der Waals surface area contributed by atoms with E-state index >= 15 is 0 Å². The highest BCUT2D eigenvalue weighted by molar-refractivity contribution is 5.95. The number of benzene rings is 2. The van der Waals surface area contributed by atoms with E-state index < -0.39 is 5.97 Å². The molecule has 0 atom stereocenters. The van der Waals surface area contributed by atoms with Gasteiger partial charge < -0.3 is 15.0 Å². The number of fused-ring (bicyclic) bond motifs is 1. The number of carboxylic acids is 1. The lowest BCUT2D eigenvalue weighted by Gasteiger charge is -2.17. The van der Waals surface area contributed by atoms with E-state index in [-0.39, 0.29) is 5.69 Å². The van der Waals surface area contributed by atoms with Crippen molar-refractivity contribution >= 4 is 22.6 Å². The predicted octanol–water partition coefficient (Wildman–Crippen LogP) is 3.60. The van der Waals surface area contributed by atoms with Gasteiger partial charge in [-0.1, -0.05) is 30.3 Å². The van der Waals surface area contributed by atoms with Gasteiger partial charge in [0.25, 0.3) is 0 Å². The van der Waals surface area contributed by atoms with Crippen LogP contribution in [0, 0.1) is 0 Å². The van der Waals surface area contributed by atoms with Crippen LogP contribution >= 0.6 is 0 Å². The number of nitrogens with one attached hydrogen (secondary N) is 1. The van der Waals surface area contributed by atoms with Crippen LogP contribution in [0.1, 0.15) is 10.5 Å². The lowest BCUT2D eigenvalue weighted by molar-refractivity contribution is 0.0691. The molecule has 4 nitrogen and oxygen atoms in total. The molecule has 0 amide bonds. The van der Waals surface area contributed by atoms with E-state index in [1.165, 1.54) is 0 Å². The molecular formula is C17H16N2O2. The number of para-hydroxylation sites is 1. The van der Waals surface area contributed by atoms with Crippen molar-refractivity contribution in [2.75, 3.05) is 19.0 Å². The van der Waals surface area contributed by atoms with Crippen LogP contribution in [0.2, 0.25) is 0 Å². The minimum Gasteiger partial charge on any atom is -0.477 e. The Labute approximate surface area is 122 Å². The maximum absolute atomic E-state index is 11.0. The van der Waals surface area contributed by atoms with E-state index in [1.807, 2.05) is 44.4 Å². The summed E-state index contributed by atoms with van der Waals surface area (Å²) in [5, 5.41) is 9.95. The standard InChI is InChI=1S/C17H16N2O2/c1-19(2)16-6-4-3-5-13(16)11-7-8-12-10-15(17(20)21)18-14(12)9-11/h3-10,18H,1-2H3,(H,20,21). The van der Waals surface area contributed by atoms with Gasteiger partial charge in [-0.05, 0) is 23.8 Å². The van der Waals surface area contributed by atoms with Crippen LogP contribution < -0.4 is 4.90 Å². The molecule has 106 valence electrons. The summed E-state index contributed by atoms with van der Waals surface area (Å²) < 4.78 is 0. The summed E-state index contributed by atoms with van der Waals surface area (Å²) in [5.74, 6) is -0.943. The topological polar surface area (TPSA) is 56.3 Å². The number of aromatic nitrogens is 1. The number of aromatic amines is 1. The second-order valence-electron chi connectivity index (χ2n) is 5.20. The van der Waals surface area contributed by atoms with Crippen molar-refractivity contribution in [3.63, 3.8) is 0 Å². The molecule has 21 heavy (non-hydrogen) atoms. The third kappa shape index (κ3) is 2.36. The number of rotatable bonds is 3. The van der Waals surface area contributed by atoms with Crippen molar-refractivity contribution < 1.29 is 9.90 Å². The quantitative estimate of drug-likeness (QED) is 0.770. The summed E-state index contributed by atoms with van der Waals surface area (Å²) in [6.45, 7) is 0. The third-order valence-corrected chi connectivity index (χ3v) is 3.55. The van der Waals surface area contributed by atoms with E-state index in [9.17, 15) is 4.79 Å². The number of carbonyl (C=O) groups is 1. The van der Waals surface area contributed by atoms with Crippen molar-refractivity contribution in [1.29, 1.82) is 0 Å². The van der Waals surface area contributed by atoms with Crippen LogP contribution in [0.3, 0.4) is 0 Å². The normalized spacial score (nSPS) is 10.8. The maximum atomic E-state index is 11.0. The van der Waals surface area contributed by atoms with Gasteiger partial charge in [-0.2, -0.15) is 0 Å². The Bertz CT molecular complexity index is 819. The van der Waals surface area contributed by atoms with Crippen LogP contribution in [-0.2, 0) is 0 Å². The first-order valence-corrected chi connectivity index (χ1v) is 6.69. The first-order valence-electron chi connectivity index (χ1n) is 6.69. The molecular weight excluding hydrogens is 264 g/mol. The van der Waals surface area contributed by atoms with Crippen LogP contribution in [0.5, 0.6) is 0 Å². The van der Waals surface area contributed by atoms with Crippen LogP contribution in [0.25, 0.3) is 22.0 Å². The average molecular weight is 280 g/mol. The van der Waals surface area contributed by atoms with E-state index in [2.05, 4.69) is 22.0 Å². The number of nitrogens with zero attached hydrogens (tertiary/aromatic N) is 1. The number of anilines is 1. The Morgan fingerprint density at radius 3 is 2.57 bits per heavy atom. The lowest BCUT2D eigenvalue weighted by atomic mass is 10.0. The van der Waals surface area contributed by atoms with E-state index in [4.69, 9.17) is 5.11 Å². The summed E-state index contributed by atoms with van der Waals surface area (Å²) in [4.78, 5) is 16.0. The maximum Gasteiger partial charge on any atom is 0.352 e. The molecule has 0 radical (unpaired) electrons. The Kier molecular flexibility index (Phi) is 3.14. The second kappa shape index (κ2) is 4.98. The fourth-order valence-electron chi connectivity index (χ4n) is 2.52. The summed E-state index contributed by atoms with van der Waals surface area (Å²) in [6.07, 6.45) is 0. The number of H-pyrrole nitrogens is 1. The molecule has 1 aromatic heterocycles. The van der Waals surface area contributed by atoms with E-state index in [0.717, 1.165) is 27.7 Å². The molecule has 0 bridgehead atoms. The SMILES string of the molecule is CN(C)c1ccccc1-c1ccc2cc(C(=O)O)[nH]c2c1. The highest BCUT2D eigenvalue weighted by Crippen LogP contribution is 2.31. The second-order valence-corrected chi connectivity index (χ2v) is 5.20. The molecule has 4 heteroatoms. The zero-order valence-corrected chi connectivity index (χ0v) is 11.9. The Hall–Kier alpha value is -2.75. The Balaban J connectivity index is 2.15. The highest BCUT2D eigenvalue weighted by atomic mass is 16.4. The summed E-state index contributed by atoms with van der Waals surface area (Å²) >= 11 is 0. The first-order chi connectivity index (χ1) is 10.1. The van der Waals surface area contributed by atoms with Gasteiger partial charge in [0.05, 0.1) is 0 Å². The van der Waals surface area contributed by atoms with Crippen molar-refractivity contribution in [1.82, 2.24) is 4.98 Å². The van der Waals surface area contributed by atoms with Crippen molar-refractivity contribution in [2.24, 2.45) is 0 Å². The summed E-state index contributed by atoms with van der Waals surface area (Å²) in [6, 6.07) is 15.8. The van der Waals surface area contributed by atoms with Crippen molar-refractivity contribution in [3.05, 3.63) is 54.2 Å². The first kappa shape index (κ1) is 13.2. The van der Waals surface area contributed by atoms with Gasteiger partial charge in [0.2, 0.25) is 0 Å². The number of hydrogen-bond donors (Lipinski definition) is 2. The van der Waals surface area contributed by atoms with Crippen LogP contribution in [-0.4, -0.2) is 30.2 Å². The minimum atomic E-state index is -0.943. The molecule has 3 aromatic rings. The third-order valence-electron chi connectivity index (χ3n) is 3.55. The van der Waals surface area contributed by atoms with Gasteiger partial charge in [-0.3, -0.25) is 0 Å². The van der Waals surface area contributed by atoms with Crippen LogP contribution in [0.15, 0.2) is 48.5 Å². The van der Waals surface area contributed by atoms with Crippen molar-refractivity contribution in [2.45, 2.75) is 0 Å². The summed E-state index contributed by atoms with van der Waals surface area (Å²) in [7, 11) is 4.02. The minimum absolute atomic E-state index is 0.211. The van der Waals surface area contributed by atoms with Crippen LogP contribution in [0.4, 0.5) is 5.69 Å². The van der Waals surface area contributed by atoms with Gasteiger partial charge in [-0.15, -0.1) is 0 Å².